The van der Waals surface area contributed by atoms with Gasteiger partial charge in [0.1, 0.15) is 0 Å². The molecule has 3 nitrogen and oxygen atoms in total. The van der Waals surface area contributed by atoms with E-state index in [1.54, 1.807) is 0 Å². The van der Waals surface area contributed by atoms with E-state index in [2.05, 4.69) is 24.3 Å². The second kappa shape index (κ2) is 7.15. The van der Waals surface area contributed by atoms with Gasteiger partial charge in [-0.3, -0.25) is 4.68 Å². The number of alkyl halides is 1. The van der Waals surface area contributed by atoms with Crippen LogP contribution in [0.4, 0.5) is 0 Å². The summed E-state index contributed by atoms with van der Waals surface area (Å²) in [5.74, 6) is 0.751. The number of nitrogens with one attached hydrogen (secondary N) is 1. The van der Waals surface area contributed by atoms with Crippen LogP contribution in [0.3, 0.4) is 0 Å². The predicted octanol–water partition coefficient (Wildman–Crippen LogP) is 4.01. The summed E-state index contributed by atoms with van der Waals surface area (Å²) in [5, 5.41) is 8.94. The van der Waals surface area contributed by atoms with Gasteiger partial charge in [0.2, 0.25) is 0 Å². The Kier molecular flexibility index (Phi) is 5.76. The first-order valence-electron chi connectivity index (χ1n) is 7.66. The maximum Gasteiger partial charge on any atom is 0.0863 e. The molecule has 0 spiro atoms. The third kappa shape index (κ3) is 3.32. The van der Waals surface area contributed by atoms with Gasteiger partial charge in [0, 0.05) is 25.5 Å². The van der Waals surface area contributed by atoms with E-state index in [0.29, 0.717) is 5.41 Å². The molecular formula is C15H25Cl2N3. The van der Waals surface area contributed by atoms with Crippen LogP contribution in [0.5, 0.6) is 0 Å². The number of nitrogens with zero attached hydrogens (tertiary/aromatic N) is 2. The summed E-state index contributed by atoms with van der Waals surface area (Å²) in [7, 11) is 0. The summed E-state index contributed by atoms with van der Waals surface area (Å²) in [6, 6.07) is 0. The zero-order valence-electron chi connectivity index (χ0n) is 12.5. The molecule has 1 saturated carbocycles. The molecule has 5 heteroatoms. The molecule has 0 atom stereocenters. The average Bonchev–Trinajstić information content (AvgIpc) is 3.05. The van der Waals surface area contributed by atoms with Crippen LogP contribution < -0.4 is 5.32 Å². The Balaban J connectivity index is 1.98. The molecule has 1 aliphatic rings. The van der Waals surface area contributed by atoms with Crippen LogP contribution in [0, 0.1) is 5.41 Å². The molecule has 1 aromatic heterocycles. The Bertz CT molecular complexity index is 437. The number of aryl methyl sites for hydroxylation is 2. The Hall–Kier alpha value is -0.250. The highest BCUT2D eigenvalue weighted by atomic mass is 35.5. The summed E-state index contributed by atoms with van der Waals surface area (Å²) >= 11 is 12.6. The highest BCUT2D eigenvalue weighted by molar-refractivity contribution is 6.31. The minimum Gasteiger partial charge on any atom is -0.311 e. The van der Waals surface area contributed by atoms with Crippen molar-refractivity contribution in [3.8, 4) is 0 Å². The molecule has 20 heavy (non-hydrogen) atoms. The van der Waals surface area contributed by atoms with Crippen LogP contribution in [-0.2, 0) is 19.5 Å². The molecule has 0 aliphatic heterocycles. The van der Waals surface area contributed by atoms with Gasteiger partial charge in [0.25, 0.3) is 0 Å². The van der Waals surface area contributed by atoms with Crippen molar-refractivity contribution in [3.05, 3.63) is 16.4 Å². The maximum atomic E-state index is 6.42. The summed E-state index contributed by atoms with van der Waals surface area (Å²) in [5.41, 5.74) is 2.39. The molecular weight excluding hydrogens is 293 g/mol. The molecule has 1 aromatic rings. The zero-order chi connectivity index (χ0) is 14.6. The monoisotopic (exact) mass is 317 g/mol. The van der Waals surface area contributed by atoms with Crippen LogP contribution in [0.2, 0.25) is 5.02 Å². The first kappa shape index (κ1) is 16.1. The van der Waals surface area contributed by atoms with Crippen LogP contribution in [0.15, 0.2) is 0 Å². The quantitative estimate of drug-likeness (QED) is 0.770. The Morgan fingerprint density at radius 2 is 2.00 bits per heavy atom. The van der Waals surface area contributed by atoms with Gasteiger partial charge in [0.15, 0.2) is 0 Å². The zero-order valence-corrected chi connectivity index (χ0v) is 14.0. The van der Waals surface area contributed by atoms with Gasteiger partial charge < -0.3 is 5.32 Å². The first-order chi connectivity index (χ1) is 9.65. The Morgan fingerprint density at radius 3 is 2.55 bits per heavy atom. The Labute approximate surface area is 132 Å². The number of hydrogen-bond acceptors (Lipinski definition) is 2. The maximum absolute atomic E-state index is 6.42. The number of halogens is 2. The fraction of sp³-hybridized carbons (Fsp3) is 0.800. The molecule has 0 amide bonds. The Morgan fingerprint density at radius 1 is 1.30 bits per heavy atom. The number of aromatic nitrogens is 2. The van der Waals surface area contributed by atoms with E-state index in [0.717, 1.165) is 48.3 Å². The molecule has 1 N–H and O–H groups in total. The molecule has 0 radical (unpaired) electrons. The largest absolute Gasteiger partial charge is 0.311 e. The SMILES string of the molecule is CCc1nn(CC)c(CNCC2(CCl)CCCC2)c1Cl. The minimum absolute atomic E-state index is 0.290. The lowest BCUT2D eigenvalue weighted by Crippen LogP contribution is -2.33. The molecule has 114 valence electrons. The lowest BCUT2D eigenvalue weighted by Gasteiger charge is -2.26. The van der Waals surface area contributed by atoms with Crippen LogP contribution in [0.1, 0.15) is 50.9 Å². The molecule has 0 aromatic carbocycles. The lowest BCUT2D eigenvalue weighted by molar-refractivity contribution is 0.318. The topological polar surface area (TPSA) is 29.9 Å². The van der Waals surface area contributed by atoms with Gasteiger partial charge in [-0.1, -0.05) is 31.4 Å². The van der Waals surface area contributed by atoms with Crippen LogP contribution in [0.25, 0.3) is 0 Å². The van der Waals surface area contributed by atoms with E-state index in [9.17, 15) is 0 Å². The highest BCUT2D eigenvalue weighted by Gasteiger charge is 2.32. The highest BCUT2D eigenvalue weighted by Crippen LogP contribution is 2.38. The van der Waals surface area contributed by atoms with Crippen molar-refractivity contribution < 1.29 is 0 Å². The van der Waals surface area contributed by atoms with E-state index in [-0.39, 0.29) is 0 Å². The van der Waals surface area contributed by atoms with E-state index in [1.807, 2.05) is 4.68 Å². The predicted molar refractivity (Wildman–Crippen MR) is 85.6 cm³/mol. The standard InChI is InChI=1S/C15H25Cl2N3/c1-3-12-14(17)13(20(4-2)19-12)9-18-11-15(10-16)7-5-6-8-15/h18H,3-11H2,1-2H3. The minimum atomic E-state index is 0.290. The van der Waals surface area contributed by atoms with E-state index in [4.69, 9.17) is 23.2 Å². The molecule has 0 saturated heterocycles. The number of rotatable bonds is 7. The van der Waals surface area contributed by atoms with Crippen molar-refractivity contribution in [1.29, 1.82) is 0 Å². The van der Waals surface area contributed by atoms with E-state index >= 15 is 0 Å². The lowest BCUT2D eigenvalue weighted by atomic mass is 9.88. The normalized spacial score (nSPS) is 17.8. The van der Waals surface area contributed by atoms with Crippen molar-refractivity contribution in [1.82, 2.24) is 15.1 Å². The molecule has 0 unspecified atom stereocenters. The molecule has 1 heterocycles. The van der Waals surface area contributed by atoms with Gasteiger partial charge >= 0.3 is 0 Å². The van der Waals surface area contributed by atoms with Gasteiger partial charge in [-0.2, -0.15) is 5.10 Å². The summed E-state index contributed by atoms with van der Waals surface area (Å²) in [6.07, 6.45) is 5.98. The van der Waals surface area contributed by atoms with Gasteiger partial charge in [-0.15, -0.1) is 11.6 Å². The van der Waals surface area contributed by atoms with E-state index in [1.165, 1.54) is 25.7 Å². The van der Waals surface area contributed by atoms with Crippen molar-refractivity contribution >= 4 is 23.2 Å². The third-order valence-corrected chi connectivity index (χ3v) is 5.44. The fourth-order valence-corrected chi connectivity index (χ4v) is 3.81. The van der Waals surface area contributed by atoms with Gasteiger partial charge in [-0.25, -0.2) is 0 Å². The molecule has 2 rings (SSSR count). The summed E-state index contributed by atoms with van der Waals surface area (Å²) < 4.78 is 2.01. The summed E-state index contributed by atoms with van der Waals surface area (Å²) in [4.78, 5) is 0. The van der Waals surface area contributed by atoms with Crippen LogP contribution >= 0.6 is 23.2 Å². The first-order valence-corrected chi connectivity index (χ1v) is 8.57. The molecule has 0 bridgehead atoms. The van der Waals surface area contributed by atoms with Crippen molar-refractivity contribution in [2.75, 3.05) is 12.4 Å². The van der Waals surface area contributed by atoms with Crippen molar-refractivity contribution in [3.63, 3.8) is 0 Å². The van der Waals surface area contributed by atoms with Crippen molar-refractivity contribution in [2.24, 2.45) is 5.41 Å². The second-order valence-corrected chi connectivity index (χ2v) is 6.47. The smallest absolute Gasteiger partial charge is 0.0863 e. The average molecular weight is 318 g/mol. The molecule has 1 fully saturated rings. The summed E-state index contributed by atoms with van der Waals surface area (Å²) in [6.45, 7) is 6.80. The second-order valence-electron chi connectivity index (χ2n) is 5.82. The third-order valence-electron chi connectivity index (χ3n) is 4.43. The van der Waals surface area contributed by atoms with Gasteiger partial charge in [-0.05, 0) is 31.6 Å². The molecule has 1 aliphatic carbocycles. The number of hydrogen-bond donors (Lipinski definition) is 1. The van der Waals surface area contributed by atoms with Crippen molar-refractivity contribution in [2.45, 2.75) is 59.0 Å². The fourth-order valence-electron chi connectivity index (χ4n) is 3.11. The van der Waals surface area contributed by atoms with Gasteiger partial charge in [0.05, 0.1) is 16.4 Å². The van der Waals surface area contributed by atoms with Crippen LogP contribution in [-0.4, -0.2) is 22.2 Å². The van der Waals surface area contributed by atoms with E-state index < -0.39 is 0 Å².